The second kappa shape index (κ2) is 6.18. The summed E-state index contributed by atoms with van der Waals surface area (Å²) in [6.07, 6.45) is -0.663. The molecular formula is C13H12Cl2O4S. The molecule has 2 N–H and O–H groups in total. The molecule has 108 valence electrons. The van der Waals surface area contributed by atoms with Gasteiger partial charge in [0.1, 0.15) is 10.8 Å². The summed E-state index contributed by atoms with van der Waals surface area (Å²) < 4.78 is 6.16. The number of aliphatic hydroxyl groups is 1. The molecule has 1 atom stereocenters. The minimum absolute atomic E-state index is 0.0871. The van der Waals surface area contributed by atoms with Gasteiger partial charge in [0.15, 0.2) is 6.10 Å². The van der Waals surface area contributed by atoms with Crippen LogP contribution in [0.3, 0.4) is 0 Å². The number of thiophene rings is 1. The number of carbonyl (C=O) groups is 1. The van der Waals surface area contributed by atoms with Gasteiger partial charge in [-0.1, -0.05) is 30.1 Å². The Kier molecular flexibility index (Phi) is 4.75. The first-order chi connectivity index (χ1) is 9.47. The quantitative estimate of drug-likeness (QED) is 0.868. The van der Waals surface area contributed by atoms with Crippen LogP contribution < -0.4 is 4.74 Å². The molecular weight excluding hydrogens is 323 g/mol. The normalized spacial score (nSPS) is 12.6. The van der Waals surface area contributed by atoms with Crippen LogP contribution in [0.1, 0.15) is 18.2 Å². The fourth-order valence-corrected chi connectivity index (χ4v) is 3.28. The lowest BCUT2D eigenvalue weighted by atomic mass is 10.2. The molecule has 0 spiro atoms. The Morgan fingerprint density at radius 3 is 2.65 bits per heavy atom. The molecule has 1 heterocycles. The summed E-state index contributed by atoms with van der Waals surface area (Å²) in [7, 11) is 0. The van der Waals surface area contributed by atoms with Gasteiger partial charge in [0.25, 0.3) is 0 Å². The predicted octanol–water partition coefficient (Wildman–Crippen LogP) is 3.94. The van der Waals surface area contributed by atoms with Crippen LogP contribution in [0.25, 0.3) is 10.1 Å². The number of hydrogen-bond donors (Lipinski definition) is 2. The van der Waals surface area contributed by atoms with E-state index >= 15 is 0 Å². The highest BCUT2D eigenvalue weighted by molar-refractivity contribution is 7.19. The molecule has 0 aliphatic carbocycles. The van der Waals surface area contributed by atoms with Crippen LogP contribution in [-0.4, -0.2) is 22.3 Å². The number of halogens is 2. The van der Waals surface area contributed by atoms with Crippen molar-refractivity contribution in [2.75, 3.05) is 0 Å². The highest BCUT2D eigenvalue weighted by Crippen LogP contribution is 2.42. The first-order valence-electron chi connectivity index (χ1n) is 5.88. The third-order valence-electron chi connectivity index (χ3n) is 2.78. The van der Waals surface area contributed by atoms with E-state index in [4.69, 9.17) is 38.2 Å². The topological polar surface area (TPSA) is 66.8 Å². The Hall–Kier alpha value is -1.01. The lowest BCUT2D eigenvalue weighted by molar-refractivity contribution is -0.145. The van der Waals surface area contributed by atoms with Gasteiger partial charge < -0.3 is 14.9 Å². The van der Waals surface area contributed by atoms with Crippen molar-refractivity contribution in [2.45, 2.75) is 26.1 Å². The van der Waals surface area contributed by atoms with E-state index in [1.54, 1.807) is 19.1 Å². The number of rotatable bonds is 5. The lowest BCUT2D eigenvalue weighted by Gasteiger charge is -2.15. The fourth-order valence-electron chi connectivity index (χ4n) is 1.77. The molecule has 0 fully saturated rings. The average molecular weight is 335 g/mol. The van der Waals surface area contributed by atoms with Crippen molar-refractivity contribution in [3.8, 4) is 5.75 Å². The van der Waals surface area contributed by atoms with Gasteiger partial charge in [-0.25, -0.2) is 4.79 Å². The molecule has 1 aromatic heterocycles. The molecule has 0 aliphatic heterocycles. The maximum absolute atomic E-state index is 11.0. The van der Waals surface area contributed by atoms with Crippen LogP contribution in [0.4, 0.5) is 0 Å². The number of aliphatic carboxylic acids is 1. The second-order valence-corrected chi connectivity index (χ2v) is 6.04. The highest BCUT2D eigenvalue weighted by atomic mass is 35.5. The van der Waals surface area contributed by atoms with Crippen molar-refractivity contribution in [2.24, 2.45) is 0 Å². The van der Waals surface area contributed by atoms with E-state index in [9.17, 15) is 4.79 Å². The van der Waals surface area contributed by atoms with Crippen LogP contribution in [0, 0.1) is 0 Å². The van der Waals surface area contributed by atoms with E-state index in [2.05, 4.69) is 0 Å². The zero-order valence-electron chi connectivity index (χ0n) is 10.5. The van der Waals surface area contributed by atoms with E-state index in [0.29, 0.717) is 11.4 Å². The molecule has 1 unspecified atom stereocenters. The number of hydrogen-bond acceptors (Lipinski definition) is 4. The van der Waals surface area contributed by atoms with Gasteiger partial charge in [0.2, 0.25) is 0 Å². The van der Waals surface area contributed by atoms with Crippen LogP contribution in [0.5, 0.6) is 5.75 Å². The molecule has 4 nitrogen and oxygen atoms in total. The van der Waals surface area contributed by atoms with E-state index in [1.807, 2.05) is 0 Å². The highest BCUT2D eigenvalue weighted by Gasteiger charge is 2.21. The summed E-state index contributed by atoms with van der Waals surface area (Å²) in [5, 5.41) is 19.4. The molecule has 2 aromatic rings. The van der Waals surface area contributed by atoms with E-state index < -0.39 is 12.1 Å². The van der Waals surface area contributed by atoms with E-state index in [-0.39, 0.29) is 17.4 Å². The standard InChI is InChI=1S/C13H12Cl2O4S/c1-2-8(13(17)18)19-9-4-6-3-7(5-16)20-12(6)11(15)10(9)14/h3-4,8,16H,2,5H2,1H3,(H,17,18). The zero-order chi connectivity index (χ0) is 14.9. The van der Waals surface area contributed by atoms with Gasteiger partial charge >= 0.3 is 5.97 Å². The van der Waals surface area contributed by atoms with Gasteiger partial charge in [0.05, 0.1) is 16.3 Å². The minimum atomic E-state index is -1.05. The number of aliphatic hydroxyl groups excluding tert-OH is 1. The number of carboxylic acid groups (broad SMARTS) is 1. The van der Waals surface area contributed by atoms with Gasteiger partial charge in [-0.15, -0.1) is 11.3 Å². The fraction of sp³-hybridized carbons (Fsp3) is 0.308. The summed E-state index contributed by atoms with van der Waals surface area (Å²) in [4.78, 5) is 11.8. The smallest absolute Gasteiger partial charge is 0.344 e. The number of ether oxygens (including phenoxy) is 1. The number of benzene rings is 1. The van der Waals surface area contributed by atoms with Crippen molar-refractivity contribution in [1.82, 2.24) is 0 Å². The van der Waals surface area contributed by atoms with Gasteiger partial charge in [0, 0.05) is 4.88 Å². The Morgan fingerprint density at radius 2 is 2.10 bits per heavy atom. The molecule has 7 heteroatoms. The summed E-state index contributed by atoms with van der Waals surface area (Å²) >= 11 is 13.6. The Balaban J connectivity index is 2.48. The predicted molar refractivity (Wildman–Crippen MR) is 80.1 cm³/mol. The summed E-state index contributed by atoms with van der Waals surface area (Å²) in [5.41, 5.74) is 0. The third-order valence-corrected chi connectivity index (χ3v) is 4.89. The van der Waals surface area contributed by atoms with Crippen molar-refractivity contribution >= 4 is 50.6 Å². The second-order valence-electron chi connectivity index (χ2n) is 4.14. The molecule has 2 rings (SSSR count). The van der Waals surface area contributed by atoms with Crippen LogP contribution >= 0.6 is 34.5 Å². The maximum atomic E-state index is 11.0. The first-order valence-corrected chi connectivity index (χ1v) is 7.45. The maximum Gasteiger partial charge on any atom is 0.344 e. The lowest BCUT2D eigenvalue weighted by Crippen LogP contribution is -2.26. The monoisotopic (exact) mass is 334 g/mol. The van der Waals surface area contributed by atoms with Crippen LogP contribution in [0.2, 0.25) is 10.0 Å². The number of fused-ring (bicyclic) bond motifs is 1. The molecule has 0 saturated carbocycles. The van der Waals surface area contributed by atoms with E-state index in [1.165, 1.54) is 11.3 Å². The van der Waals surface area contributed by atoms with Gasteiger partial charge in [-0.2, -0.15) is 0 Å². The summed E-state index contributed by atoms with van der Waals surface area (Å²) in [5.74, 6) is -0.818. The summed E-state index contributed by atoms with van der Waals surface area (Å²) in [6.45, 7) is 1.62. The van der Waals surface area contributed by atoms with Gasteiger partial charge in [-0.05, 0) is 23.9 Å². The number of carboxylic acids is 1. The van der Waals surface area contributed by atoms with Crippen molar-refractivity contribution in [1.29, 1.82) is 0 Å². The van der Waals surface area contributed by atoms with Gasteiger partial charge in [-0.3, -0.25) is 0 Å². The first kappa shape index (κ1) is 15.4. The molecule has 0 aliphatic rings. The Bertz CT molecular complexity index is 653. The Labute approximate surface area is 129 Å². The third kappa shape index (κ3) is 2.86. The van der Waals surface area contributed by atoms with E-state index in [0.717, 1.165) is 15.0 Å². The largest absolute Gasteiger partial charge is 0.479 e. The molecule has 0 bridgehead atoms. The average Bonchev–Trinajstić information content (AvgIpc) is 2.84. The Morgan fingerprint density at radius 1 is 1.40 bits per heavy atom. The van der Waals surface area contributed by atoms with Crippen molar-refractivity contribution < 1.29 is 19.7 Å². The zero-order valence-corrected chi connectivity index (χ0v) is 12.8. The molecule has 0 radical (unpaired) electrons. The van der Waals surface area contributed by atoms with Crippen LogP contribution in [0.15, 0.2) is 12.1 Å². The molecule has 1 aromatic carbocycles. The molecule has 0 saturated heterocycles. The molecule has 20 heavy (non-hydrogen) atoms. The summed E-state index contributed by atoms with van der Waals surface area (Å²) in [6, 6.07) is 3.42. The van der Waals surface area contributed by atoms with Crippen LogP contribution in [-0.2, 0) is 11.4 Å². The van der Waals surface area contributed by atoms with Crippen molar-refractivity contribution in [3.05, 3.63) is 27.1 Å². The SMILES string of the molecule is CCC(Oc1cc2cc(CO)sc2c(Cl)c1Cl)C(=O)O. The van der Waals surface area contributed by atoms with Crippen molar-refractivity contribution in [3.63, 3.8) is 0 Å². The molecule has 0 amide bonds. The minimum Gasteiger partial charge on any atom is -0.479 e.